The molecule has 3 rings (SSSR count). The minimum Gasteiger partial charge on any atom is -0.481 e. The molecule has 0 N–H and O–H groups in total. The van der Waals surface area contributed by atoms with Crippen LogP contribution in [0.25, 0.3) is 0 Å². The highest BCUT2D eigenvalue weighted by molar-refractivity contribution is 7.97. The van der Waals surface area contributed by atoms with Gasteiger partial charge in [0, 0.05) is 12.1 Å². The molecule has 0 saturated carbocycles. The van der Waals surface area contributed by atoms with E-state index < -0.39 is 42.2 Å². The summed E-state index contributed by atoms with van der Waals surface area (Å²) < 4.78 is 72.0. The van der Waals surface area contributed by atoms with Crippen LogP contribution in [0.4, 0.5) is 22.0 Å². The van der Waals surface area contributed by atoms with Crippen molar-refractivity contribution in [2.75, 3.05) is 13.2 Å². The maximum atomic E-state index is 12.9. The Morgan fingerprint density at radius 1 is 0.794 bits per heavy atom. The molecule has 9 heteroatoms. The van der Waals surface area contributed by atoms with Crippen LogP contribution < -0.4 is 4.74 Å². The van der Waals surface area contributed by atoms with Gasteiger partial charge in [0.25, 0.3) is 0 Å². The summed E-state index contributed by atoms with van der Waals surface area (Å²) in [6.45, 7) is 0.656. The average molecular weight is 498 g/mol. The average Bonchev–Trinajstić information content (AvgIpc) is 2.78. The Morgan fingerprint density at radius 2 is 1.26 bits per heavy atom. The lowest BCUT2D eigenvalue weighted by molar-refractivity contribution is -0.294. The summed E-state index contributed by atoms with van der Waals surface area (Å²) in [5, 5.41) is 0. The van der Waals surface area contributed by atoms with Gasteiger partial charge in [0.1, 0.15) is 5.75 Å². The van der Waals surface area contributed by atoms with Crippen LogP contribution >= 0.6 is 0 Å². The molecule has 0 aliphatic carbocycles. The molecule has 0 spiro atoms. The van der Waals surface area contributed by atoms with Crippen LogP contribution in [0.15, 0.2) is 87.5 Å². The Morgan fingerprint density at radius 3 is 1.71 bits per heavy atom. The van der Waals surface area contributed by atoms with E-state index in [0.29, 0.717) is 16.9 Å². The Hall–Kier alpha value is -3.07. The summed E-state index contributed by atoms with van der Waals surface area (Å²) >= 11 is 0. The first kappa shape index (κ1) is 25.6. The lowest BCUT2D eigenvalue weighted by atomic mass is 10.1. The van der Waals surface area contributed by atoms with Crippen LogP contribution in [-0.2, 0) is 20.4 Å². The zero-order valence-electron chi connectivity index (χ0n) is 18.4. The SMILES string of the molecule is Cc1cc([S+](c2ccccc2)c2ccccc2)cc(C)c1OCC(=O)OCC(F)(F)C(F)(F)F. The molecule has 3 aromatic carbocycles. The Balaban J connectivity index is 1.78. The number of hydrogen-bond donors (Lipinski definition) is 0. The Labute approximate surface area is 196 Å². The first-order valence-corrected chi connectivity index (χ1v) is 11.4. The number of carbonyl (C=O) groups excluding carboxylic acids is 1. The molecule has 0 amide bonds. The fourth-order valence-corrected chi connectivity index (χ4v) is 5.47. The van der Waals surface area contributed by atoms with E-state index >= 15 is 0 Å². The van der Waals surface area contributed by atoms with Gasteiger partial charge >= 0.3 is 18.1 Å². The van der Waals surface area contributed by atoms with Crippen LogP contribution in [0.2, 0.25) is 0 Å². The molecular weight excluding hydrogens is 475 g/mol. The van der Waals surface area contributed by atoms with Crippen molar-refractivity contribution in [1.29, 1.82) is 0 Å². The van der Waals surface area contributed by atoms with Crippen LogP contribution in [0, 0.1) is 13.8 Å². The van der Waals surface area contributed by atoms with Crippen LogP contribution in [0.3, 0.4) is 0 Å². The summed E-state index contributed by atoms with van der Waals surface area (Å²) in [7, 11) is -0.415. The molecule has 3 aromatic rings. The van der Waals surface area contributed by atoms with Gasteiger partial charge in [-0.1, -0.05) is 36.4 Å². The molecule has 3 nitrogen and oxygen atoms in total. The number of benzene rings is 3. The molecule has 0 radical (unpaired) electrons. The van der Waals surface area contributed by atoms with Gasteiger partial charge in [-0.05, 0) is 49.2 Å². The molecule has 0 aromatic heterocycles. The van der Waals surface area contributed by atoms with Crippen molar-refractivity contribution >= 4 is 16.9 Å². The van der Waals surface area contributed by atoms with Gasteiger partial charge in [-0.3, -0.25) is 0 Å². The third-order valence-electron chi connectivity index (χ3n) is 4.79. The maximum absolute atomic E-state index is 12.9. The van der Waals surface area contributed by atoms with Gasteiger partial charge in [-0.2, -0.15) is 22.0 Å². The highest BCUT2D eigenvalue weighted by Gasteiger charge is 2.58. The van der Waals surface area contributed by atoms with Crippen molar-refractivity contribution in [2.24, 2.45) is 0 Å². The predicted molar refractivity (Wildman–Crippen MR) is 118 cm³/mol. The third kappa shape index (κ3) is 6.08. The summed E-state index contributed by atoms with van der Waals surface area (Å²) in [6, 6.07) is 23.7. The number of rotatable bonds is 8. The fourth-order valence-electron chi connectivity index (χ4n) is 3.20. The van der Waals surface area contributed by atoms with E-state index in [9.17, 15) is 26.7 Å². The quantitative estimate of drug-likeness (QED) is 0.202. The number of ether oxygens (including phenoxy) is 2. The summed E-state index contributed by atoms with van der Waals surface area (Å²) in [5.41, 5.74) is 1.38. The summed E-state index contributed by atoms with van der Waals surface area (Å²) in [6.07, 6.45) is -5.80. The standard InChI is InChI=1S/C25H22F5O3S/c1-17-13-21(34(19-9-5-3-6-10-19)20-11-7-4-8-12-20)14-18(2)23(17)32-15-22(31)33-16-24(26,27)25(28,29)30/h3-14H,15-16H2,1-2H3/q+1. The molecule has 0 bridgehead atoms. The van der Waals surface area contributed by atoms with Gasteiger partial charge < -0.3 is 9.47 Å². The summed E-state index contributed by atoms with van der Waals surface area (Å²) in [4.78, 5) is 14.9. The fraction of sp³-hybridized carbons (Fsp3) is 0.240. The number of esters is 1. The van der Waals surface area contributed by atoms with Crippen LogP contribution in [0.1, 0.15) is 11.1 Å². The largest absolute Gasteiger partial charge is 0.481 e. The zero-order valence-corrected chi connectivity index (χ0v) is 19.2. The molecular formula is C25H22F5O3S+. The third-order valence-corrected chi connectivity index (χ3v) is 6.99. The van der Waals surface area contributed by atoms with Crippen LogP contribution in [-0.4, -0.2) is 31.3 Å². The highest BCUT2D eigenvalue weighted by Crippen LogP contribution is 2.36. The Bertz CT molecular complexity index is 1060. The first-order chi connectivity index (χ1) is 16.0. The smallest absolute Gasteiger partial charge is 0.456 e. The normalized spacial score (nSPS) is 12.0. The number of halogens is 5. The van der Waals surface area contributed by atoms with Gasteiger partial charge in [0.15, 0.2) is 27.9 Å². The minimum atomic E-state index is -5.80. The predicted octanol–water partition coefficient (Wildman–Crippen LogP) is 6.52. The lowest BCUT2D eigenvalue weighted by Crippen LogP contribution is -2.41. The van der Waals surface area contributed by atoms with E-state index in [-0.39, 0.29) is 0 Å². The van der Waals surface area contributed by atoms with E-state index in [1.165, 1.54) is 0 Å². The second kappa shape index (κ2) is 10.5. The molecule has 0 atom stereocenters. The number of aryl methyl sites for hydroxylation is 2. The maximum Gasteiger partial charge on any atom is 0.456 e. The van der Waals surface area contributed by atoms with Gasteiger partial charge in [-0.15, -0.1) is 0 Å². The van der Waals surface area contributed by atoms with Crippen molar-refractivity contribution in [2.45, 2.75) is 40.6 Å². The molecule has 180 valence electrons. The number of alkyl halides is 5. The van der Waals surface area contributed by atoms with E-state index in [1.54, 1.807) is 13.8 Å². The lowest BCUT2D eigenvalue weighted by Gasteiger charge is -2.19. The van der Waals surface area contributed by atoms with Crippen molar-refractivity contribution in [3.05, 3.63) is 83.9 Å². The van der Waals surface area contributed by atoms with Gasteiger partial charge in [0.2, 0.25) is 0 Å². The molecule has 0 saturated heterocycles. The number of hydrogen-bond acceptors (Lipinski definition) is 3. The van der Waals surface area contributed by atoms with Crippen molar-refractivity contribution in [3.8, 4) is 5.75 Å². The highest BCUT2D eigenvalue weighted by atomic mass is 32.2. The topological polar surface area (TPSA) is 35.5 Å². The second-order valence-corrected chi connectivity index (χ2v) is 9.50. The van der Waals surface area contributed by atoms with Crippen molar-refractivity contribution in [1.82, 2.24) is 0 Å². The van der Waals surface area contributed by atoms with Crippen molar-refractivity contribution in [3.63, 3.8) is 0 Å². The first-order valence-electron chi connectivity index (χ1n) is 10.2. The molecule has 0 heterocycles. The molecule has 0 unspecified atom stereocenters. The Kier molecular flexibility index (Phi) is 7.86. The molecule has 0 fully saturated rings. The van der Waals surface area contributed by atoms with Gasteiger partial charge in [-0.25, -0.2) is 4.79 Å². The van der Waals surface area contributed by atoms with Crippen LogP contribution in [0.5, 0.6) is 5.75 Å². The molecule has 34 heavy (non-hydrogen) atoms. The summed E-state index contributed by atoms with van der Waals surface area (Å²) in [5.74, 6) is -6.10. The van der Waals surface area contributed by atoms with E-state index in [4.69, 9.17) is 4.74 Å². The second-order valence-electron chi connectivity index (χ2n) is 7.47. The molecule has 0 aliphatic heterocycles. The minimum absolute atomic E-state index is 0.341. The van der Waals surface area contributed by atoms with E-state index in [2.05, 4.69) is 4.74 Å². The van der Waals surface area contributed by atoms with E-state index in [0.717, 1.165) is 14.7 Å². The number of carbonyl (C=O) groups is 1. The van der Waals surface area contributed by atoms with Crippen molar-refractivity contribution < 1.29 is 36.2 Å². The van der Waals surface area contributed by atoms with E-state index in [1.807, 2.05) is 72.8 Å². The monoisotopic (exact) mass is 497 g/mol. The molecule has 0 aliphatic rings. The zero-order chi connectivity index (χ0) is 24.9. The van der Waals surface area contributed by atoms with Gasteiger partial charge in [0.05, 0.1) is 10.9 Å².